The summed E-state index contributed by atoms with van der Waals surface area (Å²) in [6, 6.07) is 23.8. The molecule has 3 aromatic carbocycles. The molecule has 1 saturated carbocycles. The van der Waals surface area contributed by atoms with E-state index in [2.05, 4.69) is 76.3 Å². The van der Waals surface area contributed by atoms with Crippen molar-refractivity contribution in [3.05, 3.63) is 94.8 Å². The Hall–Kier alpha value is -3.86. The minimum atomic E-state index is -4.03. The molecule has 3 aliphatic rings. The van der Waals surface area contributed by atoms with Crippen molar-refractivity contribution in [3.63, 3.8) is 0 Å². The Morgan fingerprint density at radius 3 is 2.22 bits per heavy atom. The molecule has 1 amide bonds. The monoisotopic (exact) mass is 695 g/mol. The van der Waals surface area contributed by atoms with Crippen LogP contribution >= 0.6 is 0 Å². The first-order chi connectivity index (χ1) is 23.9. The van der Waals surface area contributed by atoms with E-state index >= 15 is 0 Å². The number of primary sulfonamides is 1. The number of carbonyl (C=O) groups excluding carboxylic acids is 2. The lowest BCUT2D eigenvalue weighted by Gasteiger charge is -2.43. The molecule has 50 heavy (non-hydrogen) atoms. The number of benzene rings is 3. The predicted octanol–water partition coefficient (Wildman–Crippen LogP) is 6.44. The van der Waals surface area contributed by atoms with E-state index in [0.717, 1.165) is 56.4 Å². The molecule has 2 bridgehead atoms. The number of aryl methyl sites for hydroxylation is 2. The SMILES string of the molecule is Cc1ccc(S(N)(=O)=O)c(C)c1C(=O)C(=O)NC1CCC(CCCN2[C@@H]3CC[C@H]2CC(n2c(C)nc4ccccc42)C3)(c2ccccc2)CC1. The van der Waals surface area contributed by atoms with Crippen LogP contribution in [0.1, 0.15) is 103 Å². The first-order valence-corrected chi connectivity index (χ1v) is 19.7. The molecule has 3 heterocycles. The first kappa shape index (κ1) is 34.6. The van der Waals surface area contributed by atoms with Crippen LogP contribution in [0.4, 0.5) is 0 Å². The number of carbonyl (C=O) groups is 2. The number of hydrogen-bond donors (Lipinski definition) is 2. The highest BCUT2D eigenvalue weighted by atomic mass is 32.2. The Morgan fingerprint density at radius 1 is 0.880 bits per heavy atom. The lowest BCUT2D eigenvalue weighted by Crippen LogP contribution is -2.46. The molecule has 1 aromatic heterocycles. The zero-order valence-electron chi connectivity index (χ0n) is 29.4. The summed E-state index contributed by atoms with van der Waals surface area (Å²) in [7, 11) is -4.03. The number of fused-ring (bicyclic) bond motifs is 3. The molecule has 0 radical (unpaired) electrons. The van der Waals surface area contributed by atoms with Gasteiger partial charge in [0.2, 0.25) is 10.0 Å². The van der Waals surface area contributed by atoms with Gasteiger partial charge in [0.05, 0.1) is 15.9 Å². The summed E-state index contributed by atoms with van der Waals surface area (Å²) in [6.07, 6.45) is 10.5. The number of nitrogens with zero attached hydrogens (tertiary/aromatic N) is 3. The number of piperidine rings is 1. The normalized spacial score (nSPS) is 25.5. The lowest BCUT2D eigenvalue weighted by molar-refractivity contribution is -0.118. The van der Waals surface area contributed by atoms with Gasteiger partial charge in [0.25, 0.3) is 11.7 Å². The number of rotatable bonds is 10. The highest BCUT2D eigenvalue weighted by molar-refractivity contribution is 7.89. The second kappa shape index (κ2) is 13.7. The molecule has 0 spiro atoms. The standard InChI is InChI=1S/C40H49N5O4S/c1-26-14-17-36(50(41,48)49)27(2)37(26)38(46)39(47)43-30-18-21-40(22-19-30,29-10-5-4-6-11-29)20-9-23-44-31-15-16-32(44)25-33(24-31)45-28(3)42-34-12-7-8-13-35(34)45/h4-8,10-14,17,30-33H,9,15-16,18-25H2,1-3H3,(H,43,47)(H2,41,48,49)/t30?,31-,32+,33?,40?. The van der Waals surface area contributed by atoms with Crippen molar-refractivity contribution < 1.29 is 18.0 Å². The van der Waals surface area contributed by atoms with E-state index in [9.17, 15) is 18.0 Å². The Balaban J connectivity index is 0.990. The van der Waals surface area contributed by atoms with Crippen LogP contribution in [0.2, 0.25) is 0 Å². The van der Waals surface area contributed by atoms with Gasteiger partial charge in [-0.1, -0.05) is 48.5 Å². The molecule has 3 atom stereocenters. The summed E-state index contributed by atoms with van der Waals surface area (Å²) in [5.41, 5.74) is 4.59. The minimum absolute atomic E-state index is 0.0215. The van der Waals surface area contributed by atoms with E-state index in [-0.39, 0.29) is 27.5 Å². The van der Waals surface area contributed by atoms with Crippen molar-refractivity contribution in [1.29, 1.82) is 0 Å². The fraction of sp³-hybridized carbons (Fsp3) is 0.475. The third kappa shape index (κ3) is 6.53. The third-order valence-corrected chi connectivity index (χ3v) is 13.2. The summed E-state index contributed by atoms with van der Waals surface area (Å²) in [5, 5.41) is 8.36. The van der Waals surface area contributed by atoms with Crippen LogP contribution in [-0.2, 0) is 20.2 Å². The lowest BCUT2D eigenvalue weighted by atomic mass is 9.65. The van der Waals surface area contributed by atoms with E-state index in [1.165, 1.54) is 55.8 Å². The smallest absolute Gasteiger partial charge is 0.292 e. The molecule has 7 rings (SSSR count). The molecule has 2 saturated heterocycles. The summed E-state index contributed by atoms with van der Waals surface area (Å²) in [5.74, 6) is -0.301. The van der Waals surface area contributed by atoms with Gasteiger partial charge in [-0.15, -0.1) is 0 Å². The van der Waals surface area contributed by atoms with E-state index in [1.54, 1.807) is 6.92 Å². The first-order valence-electron chi connectivity index (χ1n) is 18.2. The number of hydrogen-bond acceptors (Lipinski definition) is 6. The van der Waals surface area contributed by atoms with Crippen LogP contribution in [0.15, 0.2) is 71.6 Å². The second-order valence-corrected chi connectivity index (χ2v) is 16.5. The molecule has 9 nitrogen and oxygen atoms in total. The van der Waals surface area contributed by atoms with Gasteiger partial charge >= 0.3 is 0 Å². The minimum Gasteiger partial charge on any atom is -0.346 e. The van der Waals surface area contributed by atoms with Crippen LogP contribution in [0, 0.1) is 20.8 Å². The number of amides is 1. The van der Waals surface area contributed by atoms with Gasteiger partial charge in [0, 0.05) is 29.7 Å². The van der Waals surface area contributed by atoms with E-state index in [0.29, 0.717) is 23.7 Å². The summed E-state index contributed by atoms with van der Waals surface area (Å²) in [6.45, 7) is 6.47. The number of sulfonamides is 1. The number of nitrogens with two attached hydrogens (primary N) is 1. The molecule has 4 aromatic rings. The largest absolute Gasteiger partial charge is 0.346 e. The number of imidazole rings is 1. The van der Waals surface area contributed by atoms with Crippen molar-refractivity contribution in [2.45, 2.75) is 119 Å². The molecule has 3 N–H and O–H groups in total. The molecular weight excluding hydrogens is 647 g/mol. The Kier molecular flexibility index (Phi) is 9.47. The van der Waals surface area contributed by atoms with Crippen LogP contribution in [-0.4, -0.2) is 59.2 Å². The maximum absolute atomic E-state index is 13.3. The molecular formula is C40H49N5O4S. The van der Waals surface area contributed by atoms with Crippen molar-refractivity contribution >= 4 is 32.7 Å². The molecule has 1 unspecified atom stereocenters. The Morgan fingerprint density at radius 2 is 1.54 bits per heavy atom. The van der Waals surface area contributed by atoms with Gasteiger partial charge in [0.15, 0.2) is 0 Å². The van der Waals surface area contributed by atoms with Gasteiger partial charge in [-0.25, -0.2) is 18.5 Å². The number of para-hydroxylation sites is 2. The highest BCUT2D eigenvalue weighted by Crippen LogP contribution is 2.45. The molecule has 2 aliphatic heterocycles. The van der Waals surface area contributed by atoms with Crippen molar-refractivity contribution in [1.82, 2.24) is 19.8 Å². The van der Waals surface area contributed by atoms with Crippen molar-refractivity contribution in [2.24, 2.45) is 5.14 Å². The Bertz CT molecular complexity index is 2000. The second-order valence-electron chi connectivity index (χ2n) is 15.0. The summed E-state index contributed by atoms with van der Waals surface area (Å²) in [4.78, 5) is 34.1. The van der Waals surface area contributed by atoms with E-state index in [1.807, 2.05) is 0 Å². The maximum atomic E-state index is 13.3. The van der Waals surface area contributed by atoms with Gasteiger partial charge in [-0.2, -0.15) is 0 Å². The average Bonchev–Trinajstić information content (AvgIpc) is 3.55. The topological polar surface area (TPSA) is 127 Å². The van der Waals surface area contributed by atoms with Gasteiger partial charge < -0.3 is 9.88 Å². The van der Waals surface area contributed by atoms with E-state index in [4.69, 9.17) is 10.1 Å². The zero-order chi connectivity index (χ0) is 35.2. The maximum Gasteiger partial charge on any atom is 0.292 e. The van der Waals surface area contributed by atoms with Crippen molar-refractivity contribution in [3.8, 4) is 0 Å². The van der Waals surface area contributed by atoms with Gasteiger partial charge in [-0.3, -0.25) is 14.5 Å². The number of aromatic nitrogens is 2. The van der Waals surface area contributed by atoms with Gasteiger partial charge in [0.1, 0.15) is 5.82 Å². The summed E-state index contributed by atoms with van der Waals surface area (Å²) >= 11 is 0. The molecule has 264 valence electrons. The van der Waals surface area contributed by atoms with Gasteiger partial charge in [-0.05, 0) is 132 Å². The number of Topliss-reactive ketones (excluding diaryl/α,β-unsaturated/α-hetero) is 1. The summed E-state index contributed by atoms with van der Waals surface area (Å²) < 4.78 is 26.6. The number of ketones is 1. The number of nitrogens with one attached hydrogen (secondary N) is 1. The fourth-order valence-corrected chi connectivity index (χ4v) is 10.5. The van der Waals surface area contributed by atoms with Crippen LogP contribution in [0.5, 0.6) is 0 Å². The highest BCUT2D eigenvalue weighted by Gasteiger charge is 2.43. The zero-order valence-corrected chi connectivity index (χ0v) is 30.2. The molecule has 1 aliphatic carbocycles. The Labute approximate surface area is 295 Å². The van der Waals surface area contributed by atoms with Crippen LogP contribution in [0.3, 0.4) is 0 Å². The predicted molar refractivity (Wildman–Crippen MR) is 196 cm³/mol. The third-order valence-electron chi connectivity index (χ3n) is 12.1. The van der Waals surface area contributed by atoms with Crippen molar-refractivity contribution in [2.75, 3.05) is 6.54 Å². The molecule has 3 fully saturated rings. The van der Waals surface area contributed by atoms with E-state index < -0.39 is 21.7 Å². The average molecular weight is 696 g/mol. The molecule has 10 heteroatoms. The van der Waals surface area contributed by atoms with Crippen LogP contribution < -0.4 is 10.5 Å². The quantitative estimate of drug-likeness (QED) is 0.145. The fourth-order valence-electron chi connectivity index (χ4n) is 9.69. The van der Waals surface area contributed by atoms with Crippen LogP contribution in [0.25, 0.3) is 11.0 Å².